The third-order valence-electron chi connectivity index (χ3n) is 8.65. The second kappa shape index (κ2) is 15.5. The van der Waals surface area contributed by atoms with Crippen molar-refractivity contribution in [3.63, 3.8) is 0 Å². The average molecular weight is 625 g/mol. The summed E-state index contributed by atoms with van der Waals surface area (Å²) in [5.41, 5.74) is 3.81. The largest absolute Gasteiger partial charge is 0.508 e. The summed E-state index contributed by atoms with van der Waals surface area (Å²) >= 11 is 6.39. The van der Waals surface area contributed by atoms with Gasteiger partial charge in [0.1, 0.15) is 5.75 Å². The number of hydrogen-bond acceptors (Lipinski definition) is 7. The summed E-state index contributed by atoms with van der Waals surface area (Å²) in [7, 11) is 0. The van der Waals surface area contributed by atoms with Crippen LogP contribution in [0.1, 0.15) is 76.0 Å². The predicted molar refractivity (Wildman–Crippen MR) is 167 cm³/mol. The number of benzene rings is 1. The number of imide groups is 1. The van der Waals surface area contributed by atoms with E-state index in [9.17, 15) is 29.7 Å². The summed E-state index contributed by atoms with van der Waals surface area (Å²) in [5.74, 6) is -3.37. The maximum atomic E-state index is 13.6. The first-order valence-electron chi connectivity index (χ1n) is 15.3. The number of aliphatic hydroxyl groups is 2. The van der Waals surface area contributed by atoms with E-state index in [-0.39, 0.29) is 37.1 Å². The normalized spacial score (nSPS) is 21.1. The van der Waals surface area contributed by atoms with Gasteiger partial charge in [-0.25, -0.2) is 0 Å². The molecular weight excluding hydrogens is 584 g/mol. The number of allylic oxidation sites excluding steroid dienone is 2. The number of likely N-dealkylation sites (tertiary alicyclic amines) is 1. The van der Waals surface area contributed by atoms with E-state index in [1.807, 2.05) is 31.2 Å². The van der Waals surface area contributed by atoms with Crippen LogP contribution in [0.25, 0.3) is 11.6 Å². The minimum Gasteiger partial charge on any atom is -0.508 e. The monoisotopic (exact) mass is 624 g/mol. The number of hydrogen-bond donors (Lipinski definition) is 4. The minimum absolute atomic E-state index is 0.0461. The molecule has 1 aromatic heterocycles. The van der Waals surface area contributed by atoms with E-state index in [0.717, 1.165) is 17.6 Å². The molecule has 1 aromatic carbocycles. The Hall–Kier alpha value is -3.53. The first kappa shape index (κ1) is 33.4. The fourth-order valence-corrected chi connectivity index (χ4v) is 6.83. The number of unbranched alkanes of at least 4 members (excludes halogenated alkanes) is 2. The van der Waals surface area contributed by atoms with Gasteiger partial charge in [0.2, 0.25) is 11.8 Å². The van der Waals surface area contributed by atoms with Crippen molar-refractivity contribution in [1.29, 1.82) is 0 Å². The summed E-state index contributed by atoms with van der Waals surface area (Å²) in [5, 5.41) is 41.3. The number of nitrogens with zero attached hydrogens (tertiary/aromatic N) is 2. The molecule has 4 atom stereocenters. The number of phenolic OH excluding ortho intramolecular Hbond substituents is 1. The number of carbonyl (C=O) groups is 3. The Morgan fingerprint density at radius 2 is 1.93 bits per heavy atom. The summed E-state index contributed by atoms with van der Waals surface area (Å²) in [6.07, 6.45) is 6.76. The van der Waals surface area contributed by atoms with Gasteiger partial charge in [0.15, 0.2) is 0 Å². The average Bonchev–Trinajstić information content (AvgIpc) is 3.24. The van der Waals surface area contributed by atoms with Gasteiger partial charge in [0, 0.05) is 25.1 Å². The second-order valence-corrected chi connectivity index (χ2v) is 12.0. The number of aromatic nitrogens is 1. The quantitative estimate of drug-likeness (QED) is 0.116. The summed E-state index contributed by atoms with van der Waals surface area (Å²) in [4.78, 5) is 43.6. The third kappa shape index (κ3) is 7.75. The van der Waals surface area contributed by atoms with Crippen molar-refractivity contribution in [2.75, 3.05) is 13.2 Å². The van der Waals surface area contributed by atoms with E-state index in [1.165, 1.54) is 11.0 Å². The molecule has 0 bridgehead atoms. The van der Waals surface area contributed by atoms with Crippen LogP contribution in [0.5, 0.6) is 5.75 Å². The molecule has 4 rings (SSSR count). The topological polar surface area (TPSA) is 148 Å². The number of rotatable bonds is 15. The van der Waals surface area contributed by atoms with E-state index in [0.29, 0.717) is 66.8 Å². The molecule has 0 unspecified atom stereocenters. The van der Waals surface area contributed by atoms with Gasteiger partial charge in [-0.1, -0.05) is 43.0 Å². The van der Waals surface area contributed by atoms with Gasteiger partial charge >= 0.3 is 5.97 Å². The zero-order chi connectivity index (χ0) is 31.8. The lowest BCUT2D eigenvalue weighted by Gasteiger charge is -2.36. The Morgan fingerprint density at radius 1 is 1.14 bits per heavy atom. The van der Waals surface area contributed by atoms with Gasteiger partial charge in [-0.3, -0.25) is 24.3 Å². The van der Waals surface area contributed by atoms with Crippen molar-refractivity contribution in [1.82, 2.24) is 9.88 Å². The number of aliphatic carboxylic acids is 1. The first-order chi connectivity index (χ1) is 21.2. The number of carbonyl (C=O) groups excluding carboxylic acids is 2. The van der Waals surface area contributed by atoms with E-state index >= 15 is 0 Å². The lowest BCUT2D eigenvalue weighted by molar-refractivity contribution is -0.141. The van der Waals surface area contributed by atoms with E-state index in [1.54, 1.807) is 18.3 Å². The molecule has 4 N–H and O–H groups in total. The number of halogens is 1. The lowest BCUT2D eigenvalue weighted by atomic mass is 9.67. The second-order valence-electron chi connectivity index (χ2n) is 11.6. The Balaban J connectivity index is 1.56. The molecule has 44 heavy (non-hydrogen) atoms. The molecule has 1 aliphatic heterocycles. The zero-order valence-corrected chi connectivity index (χ0v) is 25.7. The van der Waals surface area contributed by atoms with E-state index in [4.69, 9.17) is 16.7 Å². The fourth-order valence-electron chi connectivity index (χ4n) is 6.60. The summed E-state index contributed by atoms with van der Waals surface area (Å²) in [6.45, 7) is 1.88. The Kier molecular flexibility index (Phi) is 11.7. The van der Waals surface area contributed by atoms with Crippen LogP contribution in [0.2, 0.25) is 5.02 Å². The molecule has 236 valence electrons. The molecule has 10 heteroatoms. The highest BCUT2D eigenvalue weighted by molar-refractivity contribution is 6.32. The van der Waals surface area contributed by atoms with Gasteiger partial charge in [0.25, 0.3) is 0 Å². The highest BCUT2D eigenvalue weighted by Gasteiger charge is 2.54. The molecule has 1 saturated heterocycles. The Labute approximate surface area is 262 Å². The molecule has 2 heterocycles. The molecular formula is C34H41ClN2O7. The molecule has 1 aliphatic carbocycles. The first-order valence-corrected chi connectivity index (χ1v) is 15.7. The maximum absolute atomic E-state index is 13.6. The number of amides is 2. The fraction of sp³-hybridized carbons (Fsp3) is 0.471. The standard InChI is InChI=1S/C34H41ClN2O7/c1-2-8-23-18-25-32(34(44)37(33(25)43)16-7-3-4-10-30(41)42)26(20-38)31(23)29(40)14-12-22(28-9-5-6-15-36-28)17-21-11-13-24(39)19-27(21)35/h5-6,9,11,13,15,17,19,25-26,29,32,38-40H,2-4,7-8,10,12,14,16,18,20H2,1H3,(H,41,42)/b22-17-/t25-,26+,29-,32-/m1/s1. The van der Waals surface area contributed by atoms with Crippen molar-refractivity contribution < 1.29 is 34.8 Å². The van der Waals surface area contributed by atoms with Crippen molar-refractivity contribution in [3.8, 4) is 5.75 Å². The van der Waals surface area contributed by atoms with Crippen LogP contribution >= 0.6 is 11.6 Å². The van der Waals surface area contributed by atoms with Crippen LogP contribution in [0.3, 0.4) is 0 Å². The zero-order valence-electron chi connectivity index (χ0n) is 25.0. The van der Waals surface area contributed by atoms with Crippen molar-refractivity contribution in [2.24, 2.45) is 17.8 Å². The van der Waals surface area contributed by atoms with Crippen molar-refractivity contribution >= 4 is 41.0 Å². The highest BCUT2D eigenvalue weighted by Crippen LogP contribution is 2.47. The van der Waals surface area contributed by atoms with Crippen molar-refractivity contribution in [2.45, 2.75) is 70.8 Å². The molecule has 0 radical (unpaired) electrons. The van der Waals surface area contributed by atoms with E-state index < -0.39 is 29.8 Å². The van der Waals surface area contributed by atoms with Gasteiger partial charge in [0.05, 0.1) is 35.3 Å². The van der Waals surface area contributed by atoms with E-state index in [2.05, 4.69) is 4.98 Å². The molecule has 0 saturated carbocycles. The van der Waals surface area contributed by atoms with Gasteiger partial charge in [-0.05, 0) is 91.6 Å². The Bertz CT molecular complexity index is 1410. The maximum Gasteiger partial charge on any atom is 0.303 e. The smallest absolute Gasteiger partial charge is 0.303 e. The van der Waals surface area contributed by atoms with Crippen molar-refractivity contribution in [3.05, 3.63) is 70.0 Å². The van der Waals surface area contributed by atoms with Gasteiger partial charge < -0.3 is 20.4 Å². The number of carboxylic acids is 1. The van der Waals surface area contributed by atoms with Gasteiger partial charge in [-0.15, -0.1) is 0 Å². The summed E-state index contributed by atoms with van der Waals surface area (Å²) in [6, 6.07) is 10.3. The molecule has 2 aromatic rings. The van der Waals surface area contributed by atoms with Crippen LogP contribution in [0.15, 0.2) is 53.7 Å². The Morgan fingerprint density at radius 3 is 2.59 bits per heavy atom. The molecule has 9 nitrogen and oxygen atoms in total. The molecule has 0 spiro atoms. The number of phenols is 1. The van der Waals surface area contributed by atoms with Crippen LogP contribution in [0.4, 0.5) is 0 Å². The van der Waals surface area contributed by atoms with Crippen LogP contribution in [-0.2, 0) is 14.4 Å². The number of aliphatic hydroxyl groups excluding tert-OH is 2. The molecule has 2 amide bonds. The third-order valence-corrected chi connectivity index (χ3v) is 8.98. The minimum atomic E-state index is -0.954. The predicted octanol–water partition coefficient (Wildman–Crippen LogP) is 5.48. The van der Waals surface area contributed by atoms with Crippen LogP contribution in [-0.4, -0.2) is 67.3 Å². The number of pyridine rings is 1. The molecule has 1 fully saturated rings. The van der Waals surface area contributed by atoms with Gasteiger partial charge in [-0.2, -0.15) is 0 Å². The van der Waals surface area contributed by atoms with Crippen LogP contribution < -0.4 is 0 Å². The SMILES string of the molecule is CCCC1=C([C@H](O)CC/C(=C/c2ccc(O)cc2Cl)c2ccccn2)[C@H](CO)[C@@H]2C(=O)N(CCCCCC(=O)O)C(=O)[C@@H]2C1. The molecule has 2 aliphatic rings. The number of carboxylic acid groups (broad SMARTS) is 1. The van der Waals surface area contributed by atoms with Crippen LogP contribution in [0, 0.1) is 17.8 Å². The number of fused-ring (bicyclic) bond motifs is 1. The number of aromatic hydroxyl groups is 1. The lowest BCUT2D eigenvalue weighted by Crippen LogP contribution is -2.39. The summed E-state index contributed by atoms with van der Waals surface area (Å²) < 4.78 is 0. The highest BCUT2D eigenvalue weighted by atomic mass is 35.5.